The summed E-state index contributed by atoms with van der Waals surface area (Å²) in [5.41, 5.74) is -2.48. The lowest BCUT2D eigenvalue weighted by Gasteiger charge is -2.25. The molecule has 1 aliphatic rings. The van der Waals surface area contributed by atoms with Crippen molar-refractivity contribution in [2.24, 2.45) is 0 Å². The first kappa shape index (κ1) is 24.1. The van der Waals surface area contributed by atoms with Crippen LogP contribution in [0.1, 0.15) is 28.0 Å². The Labute approximate surface area is 184 Å². The molecule has 2 aromatic rings. The van der Waals surface area contributed by atoms with E-state index >= 15 is 0 Å². The van der Waals surface area contributed by atoms with Crippen molar-refractivity contribution in [2.75, 3.05) is 25.2 Å². The van der Waals surface area contributed by atoms with Crippen LogP contribution in [-0.4, -0.2) is 47.5 Å². The van der Waals surface area contributed by atoms with Gasteiger partial charge in [-0.1, -0.05) is 0 Å². The number of anilines is 1. The van der Waals surface area contributed by atoms with E-state index in [0.29, 0.717) is 18.6 Å². The van der Waals surface area contributed by atoms with Crippen LogP contribution in [0.15, 0.2) is 18.3 Å². The molecule has 2 atom stereocenters. The maximum Gasteiger partial charge on any atom is 0.434 e. The molecule has 0 aliphatic carbocycles. The van der Waals surface area contributed by atoms with Crippen LogP contribution in [0.5, 0.6) is 0 Å². The summed E-state index contributed by atoms with van der Waals surface area (Å²) in [5, 5.41) is -0.248. The van der Waals surface area contributed by atoms with E-state index in [1.807, 2.05) is 0 Å². The van der Waals surface area contributed by atoms with E-state index in [9.17, 15) is 31.1 Å². The van der Waals surface area contributed by atoms with Crippen molar-refractivity contribution >= 4 is 24.5 Å². The highest BCUT2D eigenvalue weighted by molar-refractivity contribution is 7.81. The van der Waals surface area contributed by atoms with Gasteiger partial charge in [-0.2, -0.15) is 25.8 Å². The van der Waals surface area contributed by atoms with Gasteiger partial charge >= 0.3 is 12.1 Å². The van der Waals surface area contributed by atoms with E-state index in [1.165, 1.54) is 4.90 Å². The van der Waals surface area contributed by atoms with Gasteiger partial charge in [0.2, 0.25) is 5.95 Å². The normalized spacial score (nSPS) is 18.8. The molecule has 1 aromatic carbocycles. The fourth-order valence-electron chi connectivity index (χ4n) is 3.26. The molecule has 0 radical (unpaired) electrons. The zero-order valence-electron chi connectivity index (χ0n) is 16.5. The van der Waals surface area contributed by atoms with Gasteiger partial charge in [-0.25, -0.2) is 27.9 Å². The Kier molecular flexibility index (Phi) is 7.18. The number of alkyl halides is 3. The third-order valence-electron chi connectivity index (χ3n) is 4.76. The van der Waals surface area contributed by atoms with Gasteiger partial charge in [-0.05, 0) is 12.5 Å². The van der Waals surface area contributed by atoms with Crippen LogP contribution in [-0.2, 0) is 22.3 Å². The second-order valence-electron chi connectivity index (χ2n) is 6.99. The van der Waals surface area contributed by atoms with Crippen molar-refractivity contribution in [3.05, 3.63) is 52.6 Å². The maximum atomic E-state index is 13.7. The lowest BCUT2D eigenvalue weighted by atomic mass is 10.2. The van der Waals surface area contributed by atoms with Crippen LogP contribution < -0.4 is 4.90 Å². The van der Waals surface area contributed by atoms with Gasteiger partial charge in [0.15, 0.2) is 17.3 Å². The molecular formula is C19H17F6N3O3S. The number of nitrogens with zero attached hydrogens (tertiary/aromatic N) is 3. The molecule has 1 fully saturated rings. The minimum Gasteiger partial charge on any atom is -0.465 e. The van der Waals surface area contributed by atoms with Gasteiger partial charge in [0, 0.05) is 29.6 Å². The molecule has 1 aromatic heterocycles. The average molecular weight is 481 g/mol. The fraction of sp³-hybridized carbons (Fsp3) is 0.421. The number of benzene rings is 1. The first-order valence-corrected chi connectivity index (χ1v) is 9.71. The molecular weight excluding hydrogens is 464 g/mol. The van der Waals surface area contributed by atoms with E-state index in [0.717, 1.165) is 13.3 Å². The zero-order valence-corrected chi connectivity index (χ0v) is 17.4. The third kappa shape index (κ3) is 5.26. The van der Waals surface area contributed by atoms with E-state index in [2.05, 4.69) is 27.3 Å². The molecule has 0 spiro atoms. The topological polar surface area (TPSA) is 64.5 Å². The number of methoxy groups -OCH3 is 1. The molecule has 32 heavy (non-hydrogen) atoms. The molecule has 1 saturated heterocycles. The minimum atomic E-state index is -4.93. The molecule has 2 unspecified atom stereocenters. The molecule has 2 heterocycles. The van der Waals surface area contributed by atoms with Crippen molar-refractivity contribution in [1.29, 1.82) is 0 Å². The monoisotopic (exact) mass is 481 g/mol. The highest BCUT2D eigenvalue weighted by Gasteiger charge is 2.40. The van der Waals surface area contributed by atoms with Crippen molar-refractivity contribution in [3.63, 3.8) is 0 Å². The Morgan fingerprint density at radius 2 is 1.91 bits per heavy atom. The molecule has 0 saturated carbocycles. The van der Waals surface area contributed by atoms with Gasteiger partial charge < -0.3 is 14.4 Å². The largest absolute Gasteiger partial charge is 0.465 e. The molecule has 174 valence electrons. The second kappa shape index (κ2) is 9.53. The molecule has 3 rings (SSSR count). The number of halogens is 6. The van der Waals surface area contributed by atoms with E-state index in [1.54, 1.807) is 0 Å². The highest BCUT2D eigenvalue weighted by Crippen LogP contribution is 2.33. The number of aromatic nitrogens is 2. The van der Waals surface area contributed by atoms with Crippen LogP contribution >= 0.6 is 12.6 Å². The SMILES string of the molecule is COC(=O)c1cnc(N2CC(S)CC2COCc2cc(F)c(F)cc2F)nc1C(F)(F)F. The lowest BCUT2D eigenvalue weighted by Crippen LogP contribution is -2.35. The Balaban J connectivity index is 1.78. The van der Waals surface area contributed by atoms with Crippen molar-refractivity contribution in [3.8, 4) is 0 Å². The first-order chi connectivity index (χ1) is 15.0. The van der Waals surface area contributed by atoms with Crippen molar-refractivity contribution < 1.29 is 40.6 Å². The van der Waals surface area contributed by atoms with Crippen LogP contribution in [0.25, 0.3) is 0 Å². The lowest BCUT2D eigenvalue weighted by molar-refractivity contribution is -0.141. The molecule has 0 N–H and O–H groups in total. The summed E-state index contributed by atoms with van der Waals surface area (Å²) in [7, 11) is 0.936. The van der Waals surface area contributed by atoms with Gasteiger partial charge in [0.1, 0.15) is 11.4 Å². The Morgan fingerprint density at radius 1 is 1.22 bits per heavy atom. The number of carbonyl (C=O) groups is 1. The van der Waals surface area contributed by atoms with Crippen LogP contribution in [0.4, 0.5) is 32.3 Å². The minimum absolute atomic E-state index is 0.0983. The van der Waals surface area contributed by atoms with Crippen LogP contribution in [0.3, 0.4) is 0 Å². The fourth-order valence-corrected chi connectivity index (χ4v) is 3.68. The number of rotatable bonds is 6. The van der Waals surface area contributed by atoms with Crippen molar-refractivity contribution in [1.82, 2.24) is 9.97 Å². The molecule has 0 amide bonds. The summed E-state index contributed by atoms with van der Waals surface area (Å²) in [5.74, 6) is -5.09. The Hall–Kier alpha value is -2.54. The highest BCUT2D eigenvalue weighted by atomic mass is 32.1. The van der Waals surface area contributed by atoms with Gasteiger partial charge in [0.05, 0.1) is 26.4 Å². The predicted octanol–water partition coefficient (Wildman–Crippen LogP) is 3.79. The number of esters is 1. The smallest absolute Gasteiger partial charge is 0.434 e. The number of hydrogen-bond donors (Lipinski definition) is 1. The molecule has 0 bridgehead atoms. The molecule has 13 heteroatoms. The number of carbonyl (C=O) groups excluding carboxylic acids is 1. The zero-order chi connectivity index (χ0) is 23.6. The average Bonchev–Trinajstić information content (AvgIpc) is 3.10. The van der Waals surface area contributed by atoms with E-state index < -0.39 is 46.9 Å². The van der Waals surface area contributed by atoms with Crippen LogP contribution in [0.2, 0.25) is 0 Å². The van der Waals surface area contributed by atoms with E-state index in [4.69, 9.17) is 4.74 Å². The summed E-state index contributed by atoms with van der Waals surface area (Å²) in [4.78, 5) is 20.5. The van der Waals surface area contributed by atoms with Crippen LogP contribution in [0, 0.1) is 17.5 Å². The standard InChI is InChI=1S/C19H17F6N3O3S/c1-30-17(29)12-5-26-18(27-16(12)19(23,24)25)28-6-11(32)3-10(28)8-31-7-9-2-14(21)15(22)4-13(9)20/h2,4-5,10-11,32H,3,6-8H2,1H3. The van der Waals surface area contributed by atoms with Crippen molar-refractivity contribution in [2.45, 2.75) is 30.5 Å². The number of hydrogen-bond acceptors (Lipinski definition) is 7. The van der Waals surface area contributed by atoms with E-state index in [-0.39, 0.29) is 36.5 Å². The second-order valence-corrected chi connectivity index (χ2v) is 7.72. The summed E-state index contributed by atoms with van der Waals surface area (Å²) >= 11 is 4.34. The summed E-state index contributed by atoms with van der Waals surface area (Å²) in [6.07, 6.45) is -3.82. The molecule has 6 nitrogen and oxygen atoms in total. The summed E-state index contributed by atoms with van der Waals surface area (Å²) in [6.45, 7) is -0.301. The summed E-state index contributed by atoms with van der Waals surface area (Å²) in [6, 6.07) is 0.536. The Morgan fingerprint density at radius 3 is 2.56 bits per heavy atom. The number of thiol groups is 1. The maximum absolute atomic E-state index is 13.7. The predicted molar refractivity (Wildman–Crippen MR) is 103 cm³/mol. The summed E-state index contributed by atoms with van der Waals surface area (Å²) < 4.78 is 90.1. The first-order valence-electron chi connectivity index (χ1n) is 9.19. The number of ether oxygens (including phenoxy) is 2. The van der Waals surface area contributed by atoms with Gasteiger partial charge in [-0.15, -0.1) is 0 Å². The van der Waals surface area contributed by atoms with Gasteiger partial charge in [0.25, 0.3) is 0 Å². The molecule has 1 aliphatic heterocycles. The van der Waals surface area contributed by atoms with Gasteiger partial charge in [-0.3, -0.25) is 0 Å². The quantitative estimate of drug-likeness (QED) is 0.293. The third-order valence-corrected chi connectivity index (χ3v) is 5.13. The Bertz CT molecular complexity index is 1010.